The van der Waals surface area contributed by atoms with Gasteiger partial charge < -0.3 is 25.8 Å². The molecule has 1 saturated heterocycles. The van der Waals surface area contributed by atoms with E-state index >= 15 is 0 Å². The molecule has 2 aromatic heterocycles. The van der Waals surface area contributed by atoms with Crippen molar-refractivity contribution in [2.24, 2.45) is 0 Å². The molecule has 0 spiro atoms. The maximum absolute atomic E-state index is 10.4. The van der Waals surface area contributed by atoms with Crippen LogP contribution in [0, 0.1) is 24.9 Å². The van der Waals surface area contributed by atoms with E-state index in [1.165, 1.54) is 10.9 Å². The number of nitro benzene ring substituents is 2. The van der Waals surface area contributed by atoms with E-state index in [-0.39, 0.29) is 42.4 Å². The summed E-state index contributed by atoms with van der Waals surface area (Å²) in [5.41, 5.74) is 5.66. The molecule has 1 fully saturated rings. The Bertz CT molecular complexity index is 1320. The summed E-state index contributed by atoms with van der Waals surface area (Å²) in [7, 11) is 0. The Labute approximate surface area is 209 Å². The van der Waals surface area contributed by atoms with Crippen molar-refractivity contribution in [1.82, 2.24) is 15.0 Å². The second-order valence-electron chi connectivity index (χ2n) is 7.05. The second kappa shape index (κ2) is 10.2. The number of nitrogens with zero attached hydrogens (tertiary/aromatic N) is 4. The Hall–Kier alpha value is -2.83. The molecular formula is C16H17HgN7O9S+. The molecular weight excluding hydrogens is 667 g/mol. The van der Waals surface area contributed by atoms with Crippen LogP contribution in [0.4, 0.5) is 17.3 Å². The first kappa shape index (κ1) is 25.8. The molecule has 4 atom stereocenters. The molecule has 8 N–H and O–H groups in total. The first-order valence-corrected chi connectivity index (χ1v) is 12.5. The zero-order valence-electron chi connectivity index (χ0n) is 17.1. The van der Waals surface area contributed by atoms with Gasteiger partial charge in [0.2, 0.25) is 11.7 Å². The number of nitrogens with one attached hydrogen (secondary N) is 2. The topological polar surface area (TPSA) is 251 Å². The molecule has 34 heavy (non-hydrogen) atoms. The van der Waals surface area contributed by atoms with Gasteiger partial charge >= 0.3 is 93.6 Å². The van der Waals surface area contributed by atoms with Gasteiger partial charge in [-0.15, -0.1) is 0 Å². The van der Waals surface area contributed by atoms with E-state index in [0.717, 1.165) is 12.1 Å². The van der Waals surface area contributed by atoms with E-state index in [1.807, 2.05) is 0 Å². The van der Waals surface area contributed by atoms with Gasteiger partial charge in [0.05, 0.1) is 6.61 Å². The number of imidazole rings is 1. The van der Waals surface area contributed by atoms with E-state index in [1.54, 1.807) is 0 Å². The van der Waals surface area contributed by atoms with Crippen molar-refractivity contribution in [2.45, 2.75) is 24.5 Å². The summed E-state index contributed by atoms with van der Waals surface area (Å²) < 4.78 is 7.54. The van der Waals surface area contributed by atoms with E-state index < -0.39 is 52.4 Å². The molecule has 3 heterocycles. The molecule has 4 unspecified atom stereocenters. The Morgan fingerprint density at radius 1 is 1.26 bits per heavy atom. The molecule has 4 rings (SSSR count). The number of nitrogens with two attached hydrogens (primary N) is 1. The summed E-state index contributed by atoms with van der Waals surface area (Å²) >= 11 is 4.97. The van der Waals surface area contributed by atoms with Gasteiger partial charge in [-0.3, -0.25) is 4.98 Å². The quantitative estimate of drug-likeness (QED) is 0.0545. The van der Waals surface area contributed by atoms with E-state index in [2.05, 4.69) is 15.0 Å². The fourth-order valence-corrected chi connectivity index (χ4v) is 4.99. The molecule has 1 aliphatic heterocycles. The van der Waals surface area contributed by atoms with Crippen LogP contribution in [0.3, 0.4) is 0 Å². The molecule has 18 heteroatoms. The fraction of sp³-hybridized carbons (Fsp3) is 0.312. The van der Waals surface area contributed by atoms with Gasteiger partial charge in [0.1, 0.15) is 18.3 Å². The van der Waals surface area contributed by atoms with Crippen molar-refractivity contribution in [3.05, 3.63) is 43.3 Å². The van der Waals surface area contributed by atoms with Crippen molar-refractivity contribution in [2.75, 3.05) is 12.3 Å². The van der Waals surface area contributed by atoms with Crippen molar-refractivity contribution >= 4 is 43.8 Å². The third-order valence-corrected chi connectivity index (χ3v) is 7.27. The molecule has 3 aromatic rings. The number of phenolic OH excluding ortho intramolecular Hbond substituents is 1. The van der Waals surface area contributed by atoms with E-state index in [0.29, 0.717) is 14.2 Å². The Kier molecular flexibility index (Phi) is 7.73. The fourth-order valence-electron chi connectivity index (χ4n) is 3.22. The van der Waals surface area contributed by atoms with Gasteiger partial charge in [0, 0.05) is 0 Å². The van der Waals surface area contributed by atoms with Gasteiger partial charge in [-0.05, 0) is 0 Å². The number of hydrogen-bond donors (Lipinski definition) is 7. The number of anilines is 1. The molecule has 0 aliphatic carbocycles. The SMILES string of the molecule is Nc1nc(=S)c2[nH]c[n+](C3OC(CO)C(O)C3O)c2[nH]1.O=[N+]([O-])c1c[c]([Hg])c(O)c([N+](=O)[O-])c1. The number of aliphatic hydroxyl groups excluding tert-OH is 3. The number of hydrogen-bond acceptors (Lipinski definition) is 12. The third kappa shape index (κ3) is 4.98. The van der Waals surface area contributed by atoms with Gasteiger partial charge in [0.25, 0.3) is 11.6 Å². The van der Waals surface area contributed by atoms with Crippen molar-refractivity contribution in [3.8, 4) is 5.75 Å². The van der Waals surface area contributed by atoms with Crippen LogP contribution in [0.1, 0.15) is 6.23 Å². The second-order valence-corrected chi connectivity index (χ2v) is 10.4. The number of aliphatic hydroxyl groups is 3. The van der Waals surface area contributed by atoms with E-state index in [4.69, 9.17) is 27.8 Å². The Morgan fingerprint density at radius 3 is 2.50 bits per heavy atom. The Morgan fingerprint density at radius 2 is 1.94 bits per heavy atom. The zero-order valence-corrected chi connectivity index (χ0v) is 23.4. The number of nitro groups is 2. The first-order chi connectivity index (χ1) is 16.0. The number of H-pyrrole nitrogens is 2. The number of aromatic hydroxyl groups is 1. The van der Waals surface area contributed by atoms with Gasteiger partial charge in [-0.1, -0.05) is 12.2 Å². The molecule has 0 amide bonds. The standard InChI is InChI=1S/C10H13N5O4S.C6H3N2O5.Hg/c11-10-13-7-4(8(20)14-10)12-2-15(7)9-6(18)5(17)3(1-16)19-9;9-6-2-1-4(7(10)11)3-5(6)8(12)13;/h2-3,5-6,9,16-18H,1H2,(H3,11,13,14,20);1,3,9H;/p+1. The van der Waals surface area contributed by atoms with Gasteiger partial charge in [-0.2, -0.15) is 4.98 Å². The number of aromatic amines is 2. The Balaban J connectivity index is 0.000000204. The number of ether oxygens (including phenoxy) is 1. The van der Waals surface area contributed by atoms with Crippen molar-refractivity contribution in [1.29, 1.82) is 0 Å². The molecule has 0 saturated carbocycles. The first-order valence-electron chi connectivity index (χ1n) is 9.34. The monoisotopic (exact) mass is 685 g/mol. The number of benzene rings is 1. The minimum atomic E-state index is -1.19. The molecule has 177 valence electrons. The van der Waals surface area contributed by atoms with Crippen LogP contribution in [0.15, 0.2) is 18.5 Å². The summed E-state index contributed by atoms with van der Waals surface area (Å²) in [5.74, 6) is -0.327. The molecule has 1 aromatic carbocycles. The number of non-ortho nitro benzene ring substituents is 1. The van der Waals surface area contributed by atoms with Crippen LogP contribution < -0.4 is 13.4 Å². The zero-order chi connectivity index (χ0) is 25.3. The van der Waals surface area contributed by atoms with Crippen LogP contribution >= 0.6 is 12.2 Å². The molecule has 16 nitrogen and oxygen atoms in total. The van der Waals surface area contributed by atoms with Crippen LogP contribution in [0.2, 0.25) is 0 Å². The number of phenols is 1. The number of nitrogen functional groups attached to an aromatic ring is 1. The molecule has 0 radical (unpaired) electrons. The predicted octanol–water partition coefficient (Wildman–Crippen LogP) is -1.52. The number of aromatic nitrogens is 4. The number of rotatable bonds is 4. The van der Waals surface area contributed by atoms with Gasteiger partial charge in [-0.25, -0.2) is 9.55 Å². The summed E-state index contributed by atoms with van der Waals surface area (Å²) in [6.45, 7) is -0.392. The minimum absolute atomic E-state index is 0.114. The summed E-state index contributed by atoms with van der Waals surface area (Å²) in [6.07, 6.45) is -2.56. The van der Waals surface area contributed by atoms with Crippen LogP contribution in [0.5, 0.6) is 5.75 Å². The molecule has 0 bridgehead atoms. The maximum atomic E-state index is 10.4. The summed E-state index contributed by atoms with van der Waals surface area (Å²) in [5, 5.41) is 58.9. The third-order valence-electron chi connectivity index (χ3n) is 4.88. The van der Waals surface area contributed by atoms with Crippen molar-refractivity contribution < 1.29 is 65.7 Å². The number of fused-ring (bicyclic) bond motifs is 1. The van der Waals surface area contributed by atoms with Crippen molar-refractivity contribution in [3.63, 3.8) is 0 Å². The van der Waals surface area contributed by atoms with E-state index in [9.17, 15) is 35.5 Å². The molecule has 1 aliphatic rings. The van der Waals surface area contributed by atoms with Crippen LogP contribution in [-0.4, -0.2) is 70.1 Å². The average Bonchev–Trinajstić information content (AvgIpc) is 3.31. The van der Waals surface area contributed by atoms with Crippen LogP contribution in [-0.2, 0) is 30.9 Å². The summed E-state index contributed by atoms with van der Waals surface area (Å²) in [4.78, 5) is 28.8. The van der Waals surface area contributed by atoms with Crippen LogP contribution in [0.25, 0.3) is 11.2 Å². The average molecular weight is 684 g/mol. The predicted molar refractivity (Wildman–Crippen MR) is 110 cm³/mol. The normalized spacial score (nSPS) is 21.8. The summed E-state index contributed by atoms with van der Waals surface area (Å²) in [6, 6.07) is 1.91. The van der Waals surface area contributed by atoms with Gasteiger partial charge in [0.15, 0.2) is 11.0 Å².